The van der Waals surface area contributed by atoms with Gasteiger partial charge in [0.05, 0.1) is 0 Å². The molecule has 0 unspecified atom stereocenters. The molecule has 0 saturated heterocycles. The van der Waals surface area contributed by atoms with Gasteiger partial charge in [0.25, 0.3) is 0 Å². The highest BCUT2D eigenvalue weighted by Gasteiger charge is 2.08. The number of ether oxygens (including phenoxy) is 1. The zero-order valence-electron chi connectivity index (χ0n) is 12.0. The molecule has 2 aromatic rings. The molecule has 1 aromatic heterocycles. The summed E-state index contributed by atoms with van der Waals surface area (Å²) in [6.45, 7) is 7.40. The Morgan fingerprint density at radius 3 is 2.63 bits per heavy atom. The fraction of sp³-hybridized carbons (Fsp3) is 0.375. The lowest BCUT2D eigenvalue weighted by Gasteiger charge is -2.08. The first kappa shape index (κ1) is 13.7. The SMILES string of the molecule is CNCc1cc(COc2ccc(C)cc2C)oc1C. The average molecular weight is 259 g/mol. The van der Waals surface area contributed by atoms with Crippen LogP contribution in [0, 0.1) is 20.8 Å². The molecule has 19 heavy (non-hydrogen) atoms. The summed E-state index contributed by atoms with van der Waals surface area (Å²) in [6.07, 6.45) is 0. The van der Waals surface area contributed by atoms with Crippen LogP contribution >= 0.6 is 0 Å². The molecule has 102 valence electrons. The molecular formula is C16H21NO2. The summed E-state index contributed by atoms with van der Waals surface area (Å²) in [4.78, 5) is 0. The predicted octanol–water partition coefficient (Wildman–Crippen LogP) is 3.50. The second kappa shape index (κ2) is 5.93. The van der Waals surface area contributed by atoms with Gasteiger partial charge in [-0.3, -0.25) is 0 Å². The van der Waals surface area contributed by atoms with E-state index < -0.39 is 0 Å². The van der Waals surface area contributed by atoms with Crippen molar-refractivity contribution in [3.63, 3.8) is 0 Å². The van der Waals surface area contributed by atoms with Crippen LogP contribution in [0.1, 0.15) is 28.2 Å². The molecule has 0 aliphatic carbocycles. The number of furan rings is 1. The molecule has 0 spiro atoms. The van der Waals surface area contributed by atoms with Crippen molar-refractivity contribution >= 4 is 0 Å². The molecular weight excluding hydrogens is 238 g/mol. The lowest BCUT2D eigenvalue weighted by Crippen LogP contribution is -2.04. The van der Waals surface area contributed by atoms with Gasteiger partial charge < -0.3 is 14.5 Å². The second-order valence-corrected chi connectivity index (χ2v) is 4.88. The minimum Gasteiger partial charge on any atom is -0.485 e. The number of hydrogen-bond donors (Lipinski definition) is 1. The van der Waals surface area contributed by atoms with E-state index in [1.54, 1.807) is 0 Å². The van der Waals surface area contributed by atoms with Gasteiger partial charge in [0.15, 0.2) is 0 Å². The lowest BCUT2D eigenvalue weighted by atomic mass is 10.1. The average Bonchev–Trinajstić information content (AvgIpc) is 2.70. The van der Waals surface area contributed by atoms with Crippen molar-refractivity contribution in [3.05, 3.63) is 52.5 Å². The third kappa shape index (κ3) is 3.38. The van der Waals surface area contributed by atoms with Crippen LogP contribution in [0.15, 0.2) is 28.7 Å². The standard InChI is InChI=1S/C16H21NO2/c1-11-5-6-16(12(2)7-11)18-10-15-8-14(9-17-4)13(3)19-15/h5-8,17H,9-10H2,1-4H3. The summed E-state index contributed by atoms with van der Waals surface area (Å²) in [5, 5.41) is 3.13. The molecule has 0 amide bonds. The van der Waals surface area contributed by atoms with Gasteiger partial charge in [0.2, 0.25) is 0 Å². The Morgan fingerprint density at radius 1 is 1.16 bits per heavy atom. The zero-order chi connectivity index (χ0) is 13.8. The maximum atomic E-state index is 5.81. The van der Waals surface area contributed by atoms with E-state index >= 15 is 0 Å². The van der Waals surface area contributed by atoms with Crippen LogP contribution in [0.3, 0.4) is 0 Å². The fourth-order valence-corrected chi connectivity index (χ4v) is 2.13. The molecule has 0 bridgehead atoms. The van der Waals surface area contributed by atoms with Gasteiger partial charge in [-0.2, -0.15) is 0 Å². The van der Waals surface area contributed by atoms with Gasteiger partial charge >= 0.3 is 0 Å². The van der Waals surface area contributed by atoms with E-state index in [-0.39, 0.29) is 0 Å². The maximum Gasteiger partial charge on any atom is 0.146 e. The van der Waals surface area contributed by atoms with Crippen LogP contribution in [0.4, 0.5) is 0 Å². The zero-order valence-corrected chi connectivity index (χ0v) is 12.0. The highest BCUT2D eigenvalue weighted by Crippen LogP contribution is 2.21. The fourth-order valence-electron chi connectivity index (χ4n) is 2.13. The molecule has 0 aliphatic heterocycles. The van der Waals surface area contributed by atoms with E-state index in [1.165, 1.54) is 11.1 Å². The second-order valence-electron chi connectivity index (χ2n) is 4.88. The van der Waals surface area contributed by atoms with E-state index in [4.69, 9.17) is 9.15 Å². The van der Waals surface area contributed by atoms with Crippen molar-refractivity contribution in [3.8, 4) is 5.75 Å². The van der Waals surface area contributed by atoms with Crippen molar-refractivity contribution in [2.75, 3.05) is 7.05 Å². The van der Waals surface area contributed by atoms with Gasteiger partial charge in [0, 0.05) is 12.1 Å². The highest BCUT2D eigenvalue weighted by atomic mass is 16.5. The minimum absolute atomic E-state index is 0.467. The molecule has 0 aliphatic rings. The van der Waals surface area contributed by atoms with Crippen LogP contribution in [-0.2, 0) is 13.2 Å². The Balaban J connectivity index is 2.04. The number of benzene rings is 1. The summed E-state index contributed by atoms with van der Waals surface area (Å²) in [7, 11) is 1.93. The lowest BCUT2D eigenvalue weighted by molar-refractivity contribution is 0.266. The molecule has 0 radical (unpaired) electrons. The Hall–Kier alpha value is -1.74. The Bertz CT molecular complexity index is 558. The molecule has 1 heterocycles. The molecule has 3 heteroatoms. The monoisotopic (exact) mass is 259 g/mol. The summed E-state index contributed by atoms with van der Waals surface area (Å²) >= 11 is 0. The summed E-state index contributed by atoms with van der Waals surface area (Å²) in [5.41, 5.74) is 3.58. The number of hydrogen-bond acceptors (Lipinski definition) is 3. The van der Waals surface area contributed by atoms with Crippen molar-refractivity contribution in [1.82, 2.24) is 5.32 Å². The molecule has 0 atom stereocenters. The first-order valence-corrected chi connectivity index (χ1v) is 6.53. The van der Waals surface area contributed by atoms with Gasteiger partial charge in [-0.15, -0.1) is 0 Å². The molecule has 1 aromatic carbocycles. The number of aryl methyl sites for hydroxylation is 3. The van der Waals surface area contributed by atoms with E-state index in [9.17, 15) is 0 Å². The van der Waals surface area contributed by atoms with Crippen molar-refractivity contribution in [2.24, 2.45) is 0 Å². The molecule has 2 rings (SSSR count). The summed E-state index contributed by atoms with van der Waals surface area (Å²) < 4.78 is 11.5. The summed E-state index contributed by atoms with van der Waals surface area (Å²) in [6, 6.07) is 8.24. The first-order valence-electron chi connectivity index (χ1n) is 6.53. The van der Waals surface area contributed by atoms with Crippen LogP contribution < -0.4 is 10.1 Å². The molecule has 3 nitrogen and oxygen atoms in total. The van der Waals surface area contributed by atoms with E-state index in [0.29, 0.717) is 6.61 Å². The van der Waals surface area contributed by atoms with Crippen molar-refractivity contribution < 1.29 is 9.15 Å². The van der Waals surface area contributed by atoms with Crippen LogP contribution in [0.5, 0.6) is 5.75 Å². The number of rotatable bonds is 5. The highest BCUT2D eigenvalue weighted by molar-refractivity contribution is 5.35. The molecule has 1 N–H and O–H groups in total. The van der Waals surface area contributed by atoms with E-state index in [1.807, 2.05) is 20.0 Å². The summed E-state index contributed by atoms with van der Waals surface area (Å²) in [5.74, 6) is 2.73. The topological polar surface area (TPSA) is 34.4 Å². The van der Waals surface area contributed by atoms with E-state index in [2.05, 4.69) is 37.4 Å². The predicted molar refractivity (Wildman–Crippen MR) is 76.5 cm³/mol. The first-order chi connectivity index (χ1) is 9.10. The molecule has 0 saturated carbocycles. The quantitative estimate of drug-likeness (QED) is 0.892. The van der Waals surface area contributed by atoms with Crippen LogP contribution in [0.25, 0.3) is 0 Å². The minimum atomic E-state index is 0.467. The van der Waals surface area contributed by atoms with Crippen LogP contribution in [-0.4, -0.2) is 7.05 Å². The maximum absolute atomic E-state index is 5.81. The van der Waals surface area contributed by atoms with Crippen LogP contribution in [0.2, 0.25) is 0 Å². The van der Waals surface area contributed by atoms with Crippen molar-refractivity contribution in [1.29, 1.82) is 0 Å². The molecule has 0 fully saturated rings. The van der Waals surface area contributed by atoms with Gasteiger partial charge in [0.1, 0.15) is 23.9 Å². The third-order valence-corrected chi connectivity index (χ3v) is 3.14. The van der Waals surface area contributed by atoms with Gasteiger partial charge in [-0.1, -0.05) is 17.7 Å². The normalized spacial score (nSPS) is 10.7. The Kier molecular flexibility index (Phi) is 4.27. The van der Waals surface area contributed by atoms with E-state index in [0.717, 1.165) is 29.4 Å². The Labute approximate surface area is 114 Å². The third-order valence-electron chi connectivity index (χ3n) is 3.14. The van der Waals surface area contributed by atoms with Gasteiger partial charge in [-0.05, 0) is 45.5 Å². The number of nitrogens with one attached hydrogen (secondary N) is 1. The smallest absolute Gasteiger partial charge is 0.146 e. The Morgan fingerprint density at radius 2 is 1.95 bits per heavy atom. The van der Waals surface area contributed by atoms with Crippen molar-refractivity contribution in [2.45, 2.75) is 33.9 Å². The van der Waals surface area contributed by atoms with Gasteiger partial charge in [-0.25, -0.2) is 0 Å². The largest absolute Gasteiger partial charge is 0.485 e.